The van der Waals surface area contributed by atoms with Crippen molar-refractivity contribution in [2.75, 3.05) is 0 Å². The Kier molecular flexibility index (Phi) is 2.63. The van der Waals surface area contributed by atoms with E-state index in [4.69, 9.17) is 5.26 Å². The molecule has 1 aliphatic rings. The average molecular weight is 238 g/mol. The highest BCUT2D eigenvalue weighted by atomic mass is 14.7. The van der Waals surface area contributed by atoms with Crippen molar-refractivity contribution < 1.29 is 0 Å². The molecule has 1 N–H and O–H groups in total. The van der Waals surface area contributed by atoms with Gasteiger partial charge in [-0.05, 0) is 55.7 Å². The van der Waals surface area contributed by atoms with Crippen LogP contribution in [0.3, 0.4) is 0 Å². The summed E-state index contributed by atoms with van der Waals surface area (Å²) in [5, 5.41) is 10.4. The second kappa shape index (κ2) is 4.17. The van der Waals surface area contributed by atoms with Gasteiger partial charge in [-0.3, -0.25) is 0 Å². The molecule has 0 spiro atoms. The number of nitrogens with zero attached hydrogens (tertiary/aromatic N) is 1. The lowest BCUT2D eigenvalue weighted by atomic mass is 9.82. The molecule has 0 bridgehead atoms. The maximum Gasteiger partial charge on any atom is 0.0628 e. The van der Waals surface area contributed by atoms with E-state index in [0.717, 1.165) is 12.8 Å². The molecule has 18 heavy (non-hydrogen) atoms. The van der Waals surface area contributed by atoms with E-state index < -0.39 is 0 Å². The number of hydrogen-bond donors (Lipinski definition) is 1. The molecule has 2 heteroatoms. The molecule has 0 aliphatic heterocycles. The lowest BCUT2D eigenvalue weighted by molar-refractivity contribution is 0.561. The van der Waals surface area contributed by atoms with Gasteiger partial charge in [-0.2, -0.15) is 5.26 Å². The summed E-state index contributed by atoms with van der Waals surface area (Å²) in [6, 6.07) is 6.73. The predicted octanol–water partition coefficient (Wildman–Crippen LogP) is 4.12. The highest BCUT2D eigenvalue weighted by Crippen LogP contribution is 2.40. The van der Waals surface area contributed by atoms with Crippen molar-refractivity contribution in [1.29, 1.82) is 5.26 Å². The lowest BCUT2D eigenvalue weighted by Gasteiger charge is -2.21. The van der Waals surface area contributed by atoms with Gasteiger partial charge in [-0.25, -0.2) is 0 Å². The van der Waals surface area contributed by atoms with Gasteiger partial charge in [-0.15, -0.1) is 0 Å². The van der Waals surface area contributed by atoms with Gasteiger partial charge in [0.05, 0.1) is 6.07 Å². The van der Waals surface area contributed by atoms with Crippen molar-refractivity contribution in [3.63, 3.8) is 0 Å². The molecule has 0 saturated heterocycles. The van der Waals surface area contributed by atoms with E-state index in [2.05, 4.69) is 37.0 Å². The van der Waals surface area contributed by atoms with E-state index in [1.165, 1.54) is 39.7 Å². The first-order valence-corrected chi connectivity index (χ1v) is 6.70. The number of hydrogen-bond acceptors (Lipinski definition) is 1. The molecule has 1 aromatic heterocycles. The van der Waals surface area contributed by atoms with Crippen LogP contribution in [-0.4, -0.2) is 4.98 Å². The fraction of sp³-hybridized carbons (Fsp3) is 0.438. The third-order valence-corrected chi connectivity index (χ3v) is 4.22. The third-order valence-electron chi connectivity index (χ3n) is 4.22. The van der Waals surface area contributed by atoms with Crippen molar-refractivity contribution in [2.45, 2.75) is 45.4 Å². The molecule has 1 atom stereocenters. The number of aryl methyl sites for hydroxylation is 3. The summed E-state index contributed by atoms with van der Waals surface area (Å²) in [4.78, 5) is 3.60. The maximum absolute atomic E-state index is 9.02. The number of nitrogens with one attached hydrogen (secondary N) is 1. The number of aromatic amines is 1. The van der Waals surface area contributed by atoms with Crippen molar-refractivity contribution in [3.8, 4) is 6.07 Å². The van der Waals surface area contributed by atoms with Crippen LogP contribution in [0.1, 0.15) is 47.6 Å². The Morgan fingerprint density at radius 1 is 1.33 bits per heavy atom. The molecule has 0 amide bonds. The fourth-order valence-corrected chi connectivity index (χ4v) is 3.32. The highest BCUT2D eigenvalue weighted by Gasteiger charge is 2.25. The van der Waals surface area contributed by atoms with Crippen LogP contribution in [0.5, 0.6) is 0 Å². The Balaban J connectivity index is 2.31. The number of rotatable bonds is 1. The summed E-state index contributed by atoms with van der Waals surface area (Å²) in [5.41, 5.74) is 6.72. The monoisotopic (exact) mass is 238 g/mol. The summed E-state index contributed by atoms with van der Waals surface area (Å²) in [6.45, 7) is 4.33. The first-order valence-electron chi connectivity index (χ1n) is 6.70. The van der Waals surface area contributed by atoms with Crippen molar-refractivity contribution in [2.24, 2.45) is 0 Å². The summed E-state index contributed by atoms with van der Waals surface area (Å²) < 4.78 is 0. The zero-order valence-electron chi connectivity index (χ0n) is 11.0. The fourth-order valence-electron chi connectivity index (χ4n) is 3.32. The van der Waals surface area contributed by atoms with Crippen LogP contribution >= 0.6 is 0 Å². The van der Waals surface area contributed by atoms with Crippen LogP contribution in [0.25, 0.3) is 10.9 Å². The molecule has 3 rings (SSSR count). The Morgan fingerprint density at radius 3 is 2.89 bits per heavy atom. The number of benzene rings is 1. The molecular formula is C16H18N2. The van der Waals surface area contributed by atoms with Crippen LogP contribution < -0.4 is 0 Å². The van der Waals surface area contributed by atoms with E-state index in [1.807, 2.05) is 0 Å². The Labute approximate surface area is 108 Å². The zero-order chi connectivity index (χ0) is 12.7. The molecule has 2 nitrogen and oxygen atoms in total. The molecule has 1 aliphatic carbocycles. The van der Waals surface area contributed by atoms with Gasteiger partial charge < -0.3 is 4.98 Å². The van der Waals surface area contributed by atoms with Crippen molar-refractivity contribution >= 4 is 10.9 Å². The largest absolute Gasteiger partial charge is 0.358 e. The number of aromatic nitrogens is 1. The number of nitriles is 1. The maximum atomic E-state index is 9.02. The summed E-state index contributed by atoms with van der Waals surface area (Å²) in [5.74, 6) is 0.424. The van der Waals surface area contributed by atoms with Gasteiger partial charge in [-0.1, -0.05) is 12.1 Å². The van der Waals surface area contributed by atoms with Gasteiger partial charge in [0.2, 0.25) is 0 Å². The topological polar surface area (TPSA) is 39.6 Å². The van der Waals surface area contributed by atoms with Crippen LogP contribution in [-0.2, 0) is 6.42 Å². The number of H-pyrrole nitrogens is 1. The minimum atomic E-state index is 0.424. The molecular weight excluding hydrogens is 220 g/mol. The smallest absolute Gasteiger partial charge is 0.0628 e. The first-order chi connectivity index (χ1) is 8.72. The predicted molar refractivity (Wildman–Crippen MR) is 73.7 cm³/mol. The zero-order valence-corrected chi connectivity index (χ0v) is 11.0. The van der Waals surface area contributed by atoms with Gasteiger partial charge >= 0.3 is 0 Å². The van der Waals surface area contributed by atoms with Crippen LogP contribution in [0.2, 0.25) is 0 Å². The summed E-state index contributed by atoms with van der Waals surface area (Å²) in [6.07, 6.45) is 4.13. The first kappa shape index (κ1) is 11.3. The quantitative estimate of drug-likeness (QED) is 0.797. The Morgan fingerprint density at radius 2 is 2.11 bits per heavy atom. The van der Waals surface area contributed by atoms with Crippen LogP contribution in [0.15, 0.2) is 12.1 Å². The van der Waals surface area contributed by atoms with E-state index in [1.54, 1.807) is 0 Å². The van der Waals surface area contributed by atoms with Crippen molar-refractivity contribution in [1.82, 2.24) is 4.98 Å². The minimum Gasteiger partial charge on any atom is -0.358 e. The molecule has 1 unspecified atom stereocenters. The lowest BCUT2D eigenvalue weighted by Crippen LogP contribution is -2.08. The third kappa shape index (κ3) is 1.54. The summed E-state index contributed by atoms with van der Waals surface area (Å²) >= 11 is 0. The van der Waals surface area contributed by atoms with Crippen LogP contribution in [0.4, 0.5) is 0 Å². The van der Waals surface area contributed by atoms with Gasteiger partial charge in [0.1, 0.15) is 0 Å². The second-order valence-corrected chi connectivity index (χ2v) is 5.42. The normalized spacial score (nSPS) is 18.6. The van der Waals surface area contributed by atoms with E-state index >= 15 is 0 Å². The van der Waals surface area contributed by atoms with E-state index in [0.29, 0.717) is 12.3 Å². The van der Waals surface area contributed by atoms with E-state index in [9.17, 15) is 0 Å². The average Bonchev–Trinajstić information content (AvgIpc) is 2.76. The molecule has 0 radical (unpaired) electrons. The molecule has 0 fully saturated rings. The second-order valence-electron chi connectivity index (χ2n) is 5.42. The van der Waals surface area contributed by atoms with Crippen LogP contribution in [0, 0.1) is 25.2 Å². The standard InChI is InChI=1S/C16H18N2/c1-10-6-7-11(2)16-14(10)15-12(8-9-17)4-3-5-13(15)18-16/h6-7,12,18H,3-5,8H2,1-2H3. The Hall–Kier alpha value is -1.75. The molecule has 0 saturated carbocycles. The van der Waals surface area contributed by atoms with Gasteiger partial charge in [0.15, 0.2) is 0 Å². The molecule has 92 valence electrons. The molecule has 1 aromatic carbocycles. The van der Waals surface area contributed by atoms with Gasteiger partial charge in [0.25, 0.3) is 0 Å². The minimum absolute atomic E-state index is 0.424. The van der Waals surface area contributed by atoms with Crippen molar-refractivity contribution in [3.05, 3.63) is 34.5 Å². The SMILES string of the molecule is Cc1ccc(C)c2c3c([nH]c12)CCCC3CC#N. The van der Waals surface area contributed by atoms with E-state index in [-0.39, 0.29) is 0 Å². The Bertz CT molecular complexity index is 643. The summed E-state index contributed by atoms with van der Waals surface area (Å²) in [7, 11) is 0. The van der Waals surface area contributed by atoms with Gasteiger partial charge in [0, 0.05) is 23.0 Å². The molecule has 1 heterocycles. The number of fused-ring (bicyclic) bond motifs is 3. The highest BCUT2D eigenvalue weighted by molar-refractivity contribution is 5.91. The molecule has 2 aromatic rings.